The van der Waals surface area contributed by atoms with Gasteiger partial charge in [0.2, 0.25) is 0 Å². The summed E-state index contributed by atoms with van der Waals surface area (Å²) in [6.45, 7) is 6.14. The number of benzene rings is 1. The molecule has 0 aliphatic heterocycles. The van der Waals surface area contributed by atoms with Gasteiger partial charge in [0.25, 0.3) is 0 Å². The zero-order valence-corrected chi connectivity index (χ0v) is 12.3. The molecule has 0 fully saturated rings. The molecule has 0 atom stereocenters. The van der Waals surface area contributed by atoms with Crippen molar-refractivity contribution in [3.8, 4) is 5.75 Å². The molecule has 0 saturated carbocycles. The molecule has 0 saturated heterocycles. The maximum atomic E-state index is 9.84. The van der Waals surface area contributed by atoms with Gasteiger partial charge in [-0.2, -0.15) is 0 Å². The Bertz CT molecular complexity index is 526. The van der Waals surface area contributed by atoms with Gasteiger partial charge in [-0.3, -0.25) is 0 Å². The van der Waals surface area contributed by atoms with E-state index in [-0.39, 0.29) is 0 Å². The standard InChI is InChI=1S/C15H19NO2S/c1-11-4-6-12(7-5-11)18-9-8-14-16-13(10-19-14)15(2,3)17/h4-7,10,17H,8-9H2,1-3H3. The maximum absolute atomic E-state index is 9.84. The molecule has 1 aromatic heterocycles. The second kappa shape index (κ2) is 5.72. The topological polar surface area (TPSA) is 42.4 Å². The molecule has 0 aliphatic rings. The molecule has 1 aromatic carbocycles. The van der Waals surface area contributed by atoms with E-state index in [1.165, 1.54) is 5.56 Å². The van der Waals surface area contributed by atoms with Gasteiger partial charge in [-0.05, 0) is 32.9 Å². The van der Waals surface area contributed by atoms with Gasteiger partial charge in [0.1, 0.15) is 11.4 Å². The molecule has 0 radical (unpaired) electrons. The fourth-order valence-electron chi connectivity index (χ4n) is 1.60. The molecule has 3 nitrogen and oxygen atoms in total. The van der Waals surface area contributed by atoms with E-state index in [1.807, 2.05) is 29.6 Å². The number of nitrogens with zero attached hydrogens (tertiary/aromatic N) is 1. The maximum Gasteiger partial charge on any atom is 0.119 e. The van der Waals surface area contributed by atoms with E-state index in [1.54, 1.807) is 25.2 Å². The quantitative estimate of drug-likeness (QED) is 0.911. The van der Waals surface area contributed by atoms with Crippen LogP contribution in [0.4, 0.5) is 0 Å². The molecule has 102 valence electrons. The Morgan fingerprint density at radius 3 is 2.53 bits per heavy atom. The third-order valence-corrected chi connectivity index (χ3v) is 3.69. The lowest BCUT2D eigenvalue weighted by molar-refractivity contribution is 0.0743. The highest BCUT2D eigenvalue weighted by atomic mass is 32.1. The van der Waals surface area contributed by atoms with Crippen molar-refractivity contribution in [3.63, 3.8) is 0 Å². The summed E-state index contributed by atoms with van der Waals surface area (Å²) < 4.78 is 5.66. The molecule has 1 heterocycles. The number of ether oxygens (including phenoxy) is 1. The fraction of sp³-hybridized carbons (Fsp3) is 0.400. The summed E-state index contributed by atoms with van der Waals surface area (Å²) in [5.74, 6) is 0.880. The predicted octanol–water partition coefficient (Wildman–Crippen LogP) is 3.30. The molecule has 0 amide bonds. The van der Waals surface area contributed by atoms with Crippen LogP contribution in [0.3, 0.4) is 0 Å². The molecule has 0 spiro atoms. The number of hydrogen-bond acceptors (Lipinski definition) is 4. The van der Waals surface area contributed by atoms with Crippen molar-refractivity contribution in [2.75, 3.05) is 6.61 Å². The van der Waals surface area contributed by atoms with Crippen LogP contribution in [0.1, 0.15) is 30.1 Å². The van der Waals surface area contributed by atoms with E-state index >= 15 is 0 Å². The Hall–Kier alpha value is -1.39. The van der Waals surface area contributed by atoms with Gasteiger partial charge < -0.3 is 9.84 Å². The fourth-order valence-corrected chi connectivity index (χ4v) is 2.54. The molecule has 4 heteroatoms. The smallest absolute Gasteiger partial charge is 0.119 e. The van der Waals surface area contributed by atoms with Crippen LogP contribution in [-0.2, 0) is 12.0 Å². The first-order valence-corrected chi connectivity index (χ1v) is 7.20. The van der Waals surface area contributed by atoms with Crippen molar-refractivity contribution in [2.45, 2.75) is 32.8 Å². The SMILES string of the molecule is Cc1ccc(OCCc2nc(C(C)(C)O)cs2)cc1. The Morgan fingerprint density at radius 2 is 1.95 bits per heavy atom. The van der Waals surface area contributed by atoms with E-state index in [0.29, 0.717) is 6.61 Å². The first kappa shape index (κ1) is 14.0. The monoisotopic (exact) mass is 277 g/mol. The number of hydrogen-bond donors (Lipinski definition) is 1. The molecule has 0 bridgehead atoms. The lowest BCUT2D eigenvalue weighted by Crippen LogP contribution is -2.16. The average molecular weight is 277 g/mol. The molecule has 2 aromatic rings. The first-order valence-electron chi connectivity index (χ1n) is 6.32. The number of aryl methyl sites for hydroxylation is 1. The third kappa shape index (κ3) is 4.04. The summed E-state index contributed by atoms with van der Waals surface area (Å²) >= 11 is 1.56. The highest BCUT2D eigenvalue weighted by Gasteiger charge is 2.19. The first-order chi connectivity index (χ1) is 8.95. The number of thiazole rings is 1. The Labute approximate surface area is 117 Å². The van der Waals surface area contributed by atoms with Gasteiger partial charge in [-0.1, -0.05) is 17.7 Å². The van der Waals surface area contributed by atoms with Gasteiger partial charge in [0, 0.05) is 11.8 Å². The summed E-state index contributed by atoms with van der Waals surface area (Å²) in [5, 5.41) is 12.7. The van der Waals surface area contributed by atoms with E-state index in [2.05, 4.69) is 11.9 Å². The van der Waals surface area contributed by atoms with Crippen molar-refractivity contribution < 1.29 is 9.84 Å². The number of rotatable bonds is 5. The summed E-state index contributed by atoms with van der Waals surface area (Å²) in [4.78, 5) is 4.42. The second-order valence-electron chi connectivity index (χ2n) is 5.10. The van der Waals surface area contributed by atoms with Gasteiger partial charge in [0.05, 0.1) is 17.3 Å². The minimum absolute atomic E-state index is 0.599. The summed E-state index contributed by atoms with van der Waals surface area (Å²) in [7, 11) is 0. The molecule has 0 unspecified atom stereocenters. The van der Waals surface area contributed by atoms with E-state index in [9.17, 15) is 5.11 Å². The molecule has 1 N–H and O–H groups in total. The van der Waals surface area contributed by atoms with Gasteiger partial charge >= 0.3 is 0 Å². The van der Waals surface area contributed by atoms with Crippen molar-refractivity contribution in [1.82, 2.24) is 4.98 Å². The zero-order valence-electron chi connectivity index (χ0n) is 11.5. The third-order valence-electron chi connectivity index (χ3n) is 2.78. The predicted molar refractivity (Wildman–Crippen MR) is 77.7 cm³/mol. The summed E-state index contributed by atoms with van der Waals surface area (Å²) in [5.41, 5.74) is 1.08. The van der Waals surface area contributed by atoms with E-state index in [0.717, 1.165) is 22.9 Å². The van der Waals surface area contributed by atoms with Crippen molar-refractivity contribution >= 4 is 11.3 Å². The highest BCUT2D eigenvalue weighted by Crippen LogP contribution is 2.22. The lowest BCUT2D eigenvalue weighted by atomic mass is 10.1. The second-order valence-corrected chi connectivity index (χ2v) is 6.04. The van der Waals surface area contributed by atoms with Crippen LogP contribution in [0, 0.1) is 6.92 Å². The minimum atomic E-state index is -0.868. The molecule has 2 rings (SSSR count). The largest absolute Gasteiger partial charge is 0.493 e. The lowest BCUT2D eigenvalue weighted by Gasteiger charge is -2.13. The van der Waals surface area contributed by atoms with Crippen LogP contribution in [0.25, 0.3) is 0 Å². The van der Waals surface area contributed by atoms with Crippen LogP contribution >= 0.6 is 11.3 Å². The number of aliphatic hydroxyl groups is 1. The molecular weight excluding hydrogens is 258 g/mol. The summed E-state index contributed by atoms with van der Waals surface area (Å²) in [6.07, 6.45) is 0.759. The van der Waals surface area contributed by atoms with Gasteiger partial charge in [-0.15, -0.1) is 11.3 Å². The Balaban J connectivity index is 1.86. The number of aromatic nitrogens is 1. The zero-order chi connectivity index (χ0) is 13.9. The minimum Gasteiger partial charge on any atom is -0.493 e. The van der Waals surface area contributed by atoms with Crippen molar-refractivity contribution in [3.05, 3.63) is 45.9 Å². The molecule has 0 aliphatic carbocycles. The van der Waals surface area contributed by atoms with Crippen molar-refractivity contribution in [2.24, 2.45) is 0 Å². The van der Waals surface area contributed by atoms with Crippen LogP contribution in [0.2, 0.25) is 0 Å². The van der Waals surface area contributed by atoms with Crippen LogP contribution in [-0.4, -0.2) is 16.7 Å². The Kier molecular flexibility index (Phi) is 4.22. The highest BCUT2D eigenvalue weighted by molar-refractivity contribution is 7.09. The molecule has 19 heavy (non-hydrogen) atoms. The van der Waals surface area contributed by atoms with Crippen LogP contribution in [0.5, 0.6) is 5.75 Å². The summed E-state index contributed by atoms with van der Waals surface area (Å²) in [6, 6.07) is 8.01. The van der Waals surface area contributed by atoms with E-state index in [4.69, 9.17) is 4.74 Å². The normalized spacial score (nSPS) is 11.6. The van der Waals surface area contributed by atoms with Gasteiger partial charge in [-0.25, -0.2) is 4.98 Å². The molecular formula is C15H19NO2S. The average Bonchev–Trinajstić information content (AvgIpc) is 2.80. The Morgan fingerprint density at radius 1 is 1.26 bits per heavy atom. The van der Waals surface area contributed by atoms with Crippen LogP contribution < -0.4 is 4.74 Å². The van der Waals surface area contributed by atoms with E-state index < -0.39 is 5.60 Å². The van der Waals surface area contributed by atoms with Crippen LogP contribution in [0.15, 0.2) is 29.6 Å². The van der Waals surface area contributed by atoms with Gasteiger partial charge in [0.15, 0.2) is 0 Å². The van der Waals surface area contributed by atoms with Crippen molar-refractivity contribution in [1.29, 1.82) is 0 Å².